The van der Waals surface area contributed by atoms with Gasteiger partial charge in [-0.3, -0.25) is 9.36 Å². The van der Waals surface area contributed by atoms with Gasteiger partial charge in [0.1, 0.15) is 13.2 Å². The third-order valence-electron chi connectivity index (χ3n) is 11.2. The van der Waals surface area contributed by atoms with Gasteiger partial charge < -0.3 is 28.8 Å². The Morgan fingerprint density at radius 3 is 1.33 bits per heavy atom. The summed E-state index contributed by atoms with van der Waals surface area (Å²) >= 11 is 0. The fourth-order valence-corrected chi connectivity index (χ4v) is 7.77. The van der Waals surface area contributed by atoms with Gasteiger partial charge in [-0.1, -0.05) is 220 Å². The molecule has 0 aromatic heterocycles. The molecule has 67 heavy (non-hydrogen) atoms. The van der Waals surface area contributed by atoms with E-state index in [-0.39, 0.29) is 18.9 Å². The second-order valence-corrected chi connectivity index (χ2v) is 20.3. The van der Waals surface area contributed by atoms with Gasteiger partial charge >= 0.3 is 0 Å². The van der Waals surface area contributed by atoms with Crippen molar-refractivity contribution < 1.29 is 32.9 Å². The minimum atomic E-state index is -4.61. The van der Waals surface area contributed by atoms with Crippen molar-refractivity contribution in [3.8, 4) is 0 Å². The van der Waals surface area contributed by atoms with Gasteiger partial charge in [0.15, 0.2) is 0 Å². The second-order valence-electron chi connectivity index (χ2n) is 18.9. The smallest absolute Gasteiger partial charge is 0.268 e. The lowest BCUT2D eigenvalue weighted by atomic mass is 10.0. The van der Waals surface area contributed by atoms with Crippen LogP contribution in [0.4, 0.5) is 0 Å². The average molecular weight is 953 g/mol. The summed E-state index contributed by atoms with van der Waals surface area (Å²) < 4.78 is 23.3. The van der Waals surface area contributed by atoms with Gasteiger partial charge in [0, 0.05) is 6.42 Å². The van der Waals surface area contributed by atoms with E-state index in [0.717, 1.165) is 83.5 Å². The number of carbonyl (C=O) groups excluding carboxylic acids is 1. The number of phosphoric acid groups is 1. The maximum Gasteiger partial charge on any atom is 0.268 e. The first-order valence-electron chi connectivity index (χ1n) is 26.7. The SMILES string of the molecule is CC/C=C\C/C=C\C/C=C\C/C=C\C/C=C\C/C=C\C/C=C\C/C=C\CCCCC(=O)NC(COP(=O)([O-])OCC[N+](C)(C)C)C(O)/C=C/CCCCCCCCCCCCCCCCCC. The summed E-state index contributed by atoms with van der Waals surface area (Å²) in [7, 11) is 1.21. The average Bonchev–Trinajstić information content (AvgIpc) is 3.29. The molecule has 0 fully saturated rings. The molecule has 0 saturated heterocycles. The lowest BCUT2D eigenvalue weighted by Gasteiger charge is -2.29. The zero-order valence-corrected chi connectivity index (χ0v) is 44.5. The molecule has 1 amide bonds. The fourth-order valence-electron chi connectivity index (χ4n) is 7.05. The molecular weight excluding hydrogens is 852 g/mol. The number of nitrogens with one attached hydrogen (secondary N) is 1. The molecule has 9 heteroatoms. The third kappa shape index (κ3) is 50.9. The highest BCUT2D eigenvalue weighted by molar-refractivity contribution is 7.45. The van der Waals surface area contributed by atoms with Crippen LogP contribution in [0.3, 0.4) is 0 Å². The van der Waals surface area contributed by atoms with Crippen LogP contribution < -0.4 is 10.2 Å². The zero-order valence-electron chi connectivity index (χ0n) is 43.6. The number of likely N-dealkylation sites (N-methyl/N-ethyl adjacent to an activating group) is 1. The number of amides is 1. The summed E-state index contributed by atoms with van der Waals surface area (Å²) in [4.78, 5) is 25.4. The van der Waals surface area contributed by atoms with Crippen molar-refractivity contribution in [1.82, 2.24) is 5.32 Å². The topological polar surface area (TPSA) is 108 Å². The standard InChI is InChI=1S/C58H101N2O6P/c1-6-8-10-12-14-16-18-20-22-24-26-27-28-29-30-31-32-33-34-36-38-40-42-44-46-48-50-52-58(62)59-56(55-66-67(63,64)65-54-53-60(3,4)5)57(61)51-49-47-45-43-41-39-37-35-25-23-21-19-17-15-13-11-9-7-2/h8,10,14,16,20,22,26-27,29-30,32-33,36,38,42,44,49,51,56-57,61H,6-7,9,11-13,15,17-19,21,23-25,28,31,34-35,37,39-41,43,45-48,50,52-55H2,1-5H3,(H-,59,62,63,64)/b10-8-,16-14-,22-20-,27-26-,30-29-,33-32-,38-36-,44-42-,51-49+. The molecule has 3 unspecified atom stereocenters. The van der Waals surface area contributed by atoms with Gasteiger partial charge in [0.05, 0.1) is 39.9 Å². The van der Waals surface area contributed by atoms with Crippen LogP contribution >= 0.6 is 7.82 Å². The molecule has 0 spiro atoms. The molecule has 384 valence electrons. The predicted octanol–water partition coefficient (Wildman–Crippen LogP) is 15.4. The van der Waals surface area contributed by atoms with Crippen LogP contribution in [0.25, 0.3) is 0 Å². The normalized spacial score (nSPS) is 14.9. The van der Waals surface area contributed by atoms with Crippen LogP contribution in [0, 0.1) is 0 Å². The van der Waals surface area contributed by atoms with Gasteiger partial charge in [-0.15, -0.1) is 0 Å². The molecule has 0 rings (SSSR count). The first-order chi connectivity index (χ1) is 32.5. The van der Waals surface area contributed by atoms with Crippen molar-refractivity contribution in [1.29, 1.82) is 0 Å². The Morgan fingerprint density at radius 2 is 0.910 bits per heavy atom. The van der Waals surface area contributed by atoms with E-state index < -0.39 is 26.6 Å². The molecule has 0 aliphatic heterocycles. The van der Waals surface area contributed by atoms with Crippen molar-refractivity contribution in [2.75, 3.05) is 40.9 Å². The first-order valence-corrected chi connectivity index (χ1v) is 28.2. The molecule has 0 bridgehead atoms. The largest absolute Gasteiger partial charge is 0.756 e. The Bertz CT molecular complexity index is 1450. The van der Waals surface area contributed by atoms with Crippen molar-refractivity contribution >= 4 is 13.7 Å². The number of phosphoric ester groups is 1. The number of rotatable bonds is 47. The van der Waals surface area contributed by atoms with Crippen molar-refractivity contribution in [2.24, 2.45) is 0 Å². The Kier molecular flexibility index (Phi) is 46.2. The molecule has 0 aromatic carbocycles. The van der Waals surface area contributed by atoms with E-state index in [9.17, 15) is 19.4 Å². The number of aliphatic hydroxyl groups excluding tert-OH is 1. The number of nitrogens with zero attached hydrogens (tertiary/aromatic N) is 1. The van der Waals surface area contributed by atoms with Crippen LogP contribution in [-0.4, -0.2) is 68.5 Å². The van der Waals surface area contributed by atoms with E-state index in [0.29, 0.717) is 17.4 Å². The predicted molar refractivity (Wildman–Crippen MR) is 288 cm³/mol. The Balaban J connectivity index is 4.41. The molecule has 0 aliphatic carbocycles. The second kappa shape index (κ2) is 48.2. The maximum absolute atomic E-state index is 12.9. The molecule has 2 N–H and O–H groups in total. The molecule has 8 nitrogen and oxygen atoms in total. The molecular formula is C58H101N2O6P. The number of aliphatic hydroxyl groups is 1. The van der Waals surface area contributed by atoms with E-state index in [1.165, 1.54) is 89.9 Å². The zero-order chi connectivity index (χ0) is 49.2. The van der Waals surface area contributed by atoms with Crippen molar-refractivity contribution in [3.63, 3.8) is 0 Å². The highest BCUT2D eigenvalue weighted by atomic mass is 31.2. The van der Waals surface area contributed by atoms with Crippen LogP contribution in [0.15, 0.2) is 109 Å². The lowest BCUT2D eigenvalue weighted by Crippen LogP contribution is -2.45. The van der Waals surface area contributed by atoms with Crippen LogP contribution in [0.5, 0.6) is 0 Å². The fraction of sp³-hybridized carbons (Fsp3) is 0.672. The number of carbonyl (C=O) groups is 1. The van der Waals surface area contributed by atoms with Gasteiger partial charge in [-0.2, -0.15) is 0 Å². The number of allylic oxidation sites excluding steroid dienone is 17. The minimum Gasteiger partial charge on any atom is -0.756 e. The number of hydrogen-bond donors (Lipinski definition) is 2. The van der Waals surface area contributed by atoms with Crippen LogP contribution in [0.2, 0.25) is 0 Å². The van der Waals surface area contributed by atoms with Gasteiger partial charge in [0.25, 0.3) is 7.82 Å². The summed E-state index contributed by atoms with van der Waals surface area (Å²) in [5.74, 6) is -0.244. The monoisotopic (exact) mass is 953 g/mol. The maximum atomic E-state index is 12.9. The molecule has 0 aliphatic rings. The lowest BCUT2D eigenvalue weighted by molar-refractivity contribution is -0.870. The van der Waals surface area contributed by atoms with Gasteiger partial charge in [0.2, 0.25) is 5.91 Å². The Labute approximate surface area is 412 Å². The number of quaternary nitrogens is 1. The minimum absolute atomic E-state index is 0.0157. The van der Waals surface area contributed by atoms with Gasteiger partial charge in [-0.25, -0.2) is 0 Å². The molecule has 3 atom stereocenters. The molecule has 0 aromatic rings. The molecule has 0 radical (unpaired) electrons. The highest BCUT2D eigenvalue weighted by Gasteiger charge is 2.23. The highest BCUT2D eigenvalue weighted by Crippen LogP contribution is 2.38. The van der Waals surface area contributed by atoms with Crippen molar-refractivity contribution in [2.45, 2.75) is 212 Å². The van der Waals surface area contributed by atoms with E-state index in [1.54, 1.807) is 6.08 Å². The van der Waals surface area contributed by atoms with Crippen LogP contribution in [-0.2, 0) is 18.4 Å². The van der Waals surface area contributed by atoms with Crippen molar-refractivity contribution in [3.05, 3.63) is 109 Å². The summed E-state index contributed by atoms with van der Waals surface area (Å²) in [6, 6.07) is -0.918. The first kappa shape index (κ1) is 64.2. The van der Waals surface area contributed by atoms with Crippen LogP contribution in [0.1, 0.15) is 200 Å². The summed E-state index contributed by atoms with van der Waals surface area (Å²) in [6.07, 6.45) is 70.1. The summed E-state index contributed by atoms with van der Waals surface area (Å²) in [6.45, 7) is 4.49. The Morgan fingerprint density at radius 1 is 0.537 bits per heavy atom. The molecule has 0 heterocycles. The molecule has 0 saturated carbocycles. The number of unbranched alkanes of at least 4 members (excludes halogenated alkanes) is 18. The Hall–Kier alpha value is -2.84. The van der Waals surface area contributed by atoms with E-state index >= 15 is 0 Å². The summed E-state index contributed by atoms with van der Waals surface area (Å²) in [5.41, 5.74) is 0. The van der Waals surface area contributed by atoms with E-state index in [1.807, 2.05) is 27.2 Å². The van der Waals surface area contributed by atoms with E-state index in [4.69, 9.17) is 9.05 Å². The summed E-state index contributed by atoms with van der Waals surface area (Å²) in [5, 5.41) is 13.8. The third-order valence-corrected chi connectivity index (χ3v) is 12.2. The van der Waals surface area contributed by atoms with Gasteiger partial charge in [-0.05, 0) is 83.5 Å². The quantitative estimate of drug-likeness (QED) is 0.0272. The van der Waals surface area contributed by atoms with E-state index in [2.05, 4.69) is 116 Å². The number of hydrogen-bond acceptors (Lipinski definition) is 6.